The van der Waals surface area contributed by atoms with Gasteiger partial charge in [0.1, 0.15) is 15.7 Å². The van der Waals surface area contributed by atoms with Gasteiger partial charge in [0.2, 0.25) is 0 Å². The van der Waals surface area contributed by atoms with Crippen LogP contribution in [-0.2, 0) is 32.0 Å². The zero-order valence-corrected chi connectivity index (χ0v) is 15.7. The molecule has 1 saturated heterocycles. The van der Waals surface area contributed by atoms with Gasteiger partial charge in [-0.15, -0.1) is 11.3 Å². The second kappa shape index (κ2) is 6.62. The minimum absolute atomic E-state index is 0.00470. The molecule has 0 unspecified atom stereocenters. The number of hydrogen-bond donors (Lipinski definition) is 0. The van der Waals surface area contributed by atoms with E-state index in [1.165, 1.54) is 21.9 Å². The number of aryl methyl sites for hydroxylation is 1. The van der Waals surface area contributed by atoms with Gasteiger partial charge in [0.05, 0.1) is 11.5 Å². The largest absolute Gasteiger partial charge is 0.468 e. The molecule has 3 heterocycles. The van der Waals surface area contributed by atoms with Crippen LogP contribution in [0.2, 0.25) is 0 Å². The van der Waals surface area contributed by atoms with Gasteiger partial charge in [0.15, 0.2) is 9.84 Å². The summed E-state index contributed by atoms with van der Waals surface area (Å²) in [5.41, 5.74) is 0. The smallest absolute Gasteiger partial charge is 0.252 e. The maximum atomic E-state index is 12.7. The van der Waals surface area contributed by atoms with Crippen LogP contribution in [0.4, 0.5) is 0 Å². The first-order valence-corrected chi connectivity index (χ1v) is 11.6. The van der Waals surface area contributed by atoms with E-state index in [1.54, 1.807) is 24.3 Å². The van der Waals surface area contributed by atoms with E-state index < -0.39 is 25.1 Å². The molecule has 2 aromatic rings. The number of nitrogens with zero attached hydrogens (tertiary/aromatic N) is 1. The fourth-order valence-electron chi connectivity index (χ4n) is 2.73. The molecule has 0 bridgehead atoms. The first-order valence-electron chi connectivity index (χ1n) is 7.66. The summed E-state index contributed by atoms with van der Waals surface area (Å²) in [6, 6.07) is 6.65. The van der Waals surface area contributed by atoms with Crippen molar-refractivity contribution < 1.29 is 21.3 Å². The van der Waals surface area contributed by atoms with Crippen LogP contribution < -0.4 is 0 Å². The summed E-state index contributed by atoms with van der Waals surface area (Å²) in [5, 5.41) is -0.692. The van der Waals surface area contributed by atoms with Crippen molar-refractivity contribution in [2.24, 2.45) is 0 Å². The lowest BCUT2D eigenvalue weighted by Gasteiger charge is -2.15. The molecule has 0 N–H and O–H groups in total. The van der Waals surface area contributed by atoms with Crippen molar-refractivity contribution >= 4 is 31.2 Å². The second-order valence-corrected chi connectivity index (χ2v) is 11.3. The molecule has 0 spiro atoms. The molecular weight excluding hydrogens is 370 g/mol. The highest BCUT2D eigenvalue weighted by Gasteiger charge is 2.39. The Bertz CT molecular complexity index is 897. The molecule has 1 fully saturated rings. The van der Waals surface area contributed by atoms with Gasteiger partial charge in [-0.05, 0) is 37.1 Å². The molecular formula is C15H19NO5S3. The van der Waals surface area contributed by atoms with E-state index in [0.29, 0.717) is 12.2 Å². The van der Waals surface area contributed by atoms with E-state index in [4.69, 9.17) is 4.42 Å². The van der Waals surface area contributed by atoms with Crippen molar-refractivity contribution in [3.8, 4) is 0 Å². The molecule has 0 saturated carbocycles. The molecule has 1 aliphatic heterocycles. The van der Waals surface area contributed by atoms with E-state index in [-0.39, 0.29) is 23.1 Å². The number of sulfone groups is 1. The van der Waals surface area contributed by atoms with Crippen LogP contribution >= 0.6 is 11.3 Å². The fraction of sp³-hybridized carbons (Fsp3) is 0.467. The molecule has 0 aliphatic carbocycles. The summed E-state index contributed by atoms with van der Waals surface area (Å²) in [7, 11) is -7.07. The van der Waals surface area contributed by atoms with Gasteiger partial charge in [-0.2, -0.15) is 4.31 Å². The third kappa shape index (κ3) is 3.44. The Kier molecular flexibility index (Phi) is 4.87. The number of sulfonamides is 1. The molecule has 1 atom stereocenters. The number of furan rings is 1. The molecule has 1 aliphatic rings. The van der Waals surface area contributed by atoms with Crippen molar-refractivity contribution in [1.29, 1.82) is 0 Å². The molecule has 9 heteroatoms. The van der Waals surface area contributed by atoms with Crippen LogP contribution in [-0.4, -0.2) is 39.5 Å². The van der Waals surface area contributed by atoms with E-state index in [0.717, 1.165) is 11.3 Å². The van der Waals surface area contributed by atoms with Gasteiger partial charge in [-0.1, -0.05) is 6.92 Å². The molecule has 0 radical (unpaired) electrons. The Labute approximate surface area is 146 Å². The molecule has 3 rings (SSSR count). The van der Waals surface area contributed by atoms with E-state index in [2.05, 4.69) is 0 Å². The lowest BCUT2D eigenvalue weighted by atomic mass is 10.4. The third-order valence-corrected chi connectivity index (χ3v) is 9.77. The SMILES string of the molecule is CCc1ccc(S(=O)(=O)N2CC[C@H](S(=O)(=O)Cc3ccco3)C2)s1. The van der Waals surface area contributed by atoms with Gasteiger partial charge in [0.25, 0.3) is 10.0 Å². The predicted octanol–water partition coefficient (Wildman–Crippen LogP) is 2.28. The highest BCUT2D eigenvalue weighted by atomic mass is 32.2. The maximum absolute atomic E-state index is 12.7. The number of thiophene rings is 1. The average Bonchev–Trinajstić information content (AvgIpc) is 3.27. The Hall–Kier alpha value is -1.16. The molecule has 6 nitrogen and oxygen atoms in total. The van der Waals surface area contributed by atoms with Crippen molar-refractivity contribution in [3.05, 3.63) is 41.2 Å². The lowest BCUT2D eigenvalue weighted by Crippen LogP contribution is -2.32. The molecule has 132 valence electrons. The molecule has 0 amide bonds. The maximum Gasteiger partial charge on any atom is 0.252 e. The zero-order valence-electron chi connectivity index (χ0n) is 13.2. The Balaban J connectivity index is 1.74. The summed E-state index contributed by atoms with van der Waals surface area (Å²) in [6.45, 7) is 2.20. The Morgan fingerprint density at radius 3 is 2.67 bits per heavy atom. The van der Waals surface area contributed by atoms with Crippen molar-refractivity contribution in [3.63, 3.8) is 0 Å². The summed E-state index contributed by atoms with van der Waals surface area (Å²) in [4.78, 5) is 0.995. The second-order valence-electron chi connectivity index (χ2n) is 5.73. The van der Waals surface area contributed by atoms with Crippen molar-refractivity contribution in [2.45, 2.75) is 35.0 Å². The first kappa shape index (κ1) is 17.7. The van der Waals surface area contributed by atoms with Gasteiger partial charge in [0, 0.05) is 18.0 Å². The Morgan fingerprint density at radius 1 is 1.25 bits per heavy atom. The first-order chi connectivity index (χ1) is 11.3. The highest BCUT2D eigenvalue weighted by molar-refractivity contribution is 7.92. The average molecular weight is 390 g/mol. The van der Waals surface area contributed by atoms with Crippen LogP contribution in [0.25, 0.3) is 0 Å². The topological polar surface area (TPSA) is 84.7 Å². The standard InChI is InChI=1S/C15H19NO5S3/c1-2-13-5-6-15(22-13)24(19,20)16-8-7-14(10-16)23(17,18)11-12-4-3-9-21-12/h3-6,9,14H,2,7-8,10-11H2,1H3/t14-/m0/s1. The Morgan fingerprint density at radius 2 is 2.04 bits per heavy atom. The summed E-state index contributed by atoms with van der Waals surface area (Å²) < 4.78 is 57.0. The van der Waals surface area contributed by atoms with Crippen LogP contribution in [0.1, 0.15) is 24.0 Å². The molecule has 24 heavy (non-hydrogen) atoms. The van der Waals surface area contributed by atoms with Gasteiger partial charge < -0.3 is 4.42 Å². The zero-order chi connectivity index (χ0) is 17.4. The molecule has 2 aromatic heterocycles. The van der Waals surface area contributed by atoms with Gasteiger partial charge in [-0.3, -0.25) is 0 Å². The lowest BCUT2D eigenvalue weighted by molar-refractivity contribution is 0.478. The minimum atomic E-state index is -3.62. The van der Waals surface area contributed by atoms with Gasteiger partial charge in [-0.25, -0.2) is 16.8 Å². The normalized spacial score (nSPS) is 19.8. The van der Waals surface area contributed by atoms with Crippen LogP contribution in [0.5, 0.6) is 0 Å². The van der Waals surface area contributed by atoms with Gasteiger partial charge >= 0.3 is 0 Å². The number of rotatable bonds is 6. The summed E-state index contributed by atoms with van der Waals surface area (Å²) in [5.74, 6) is 0.180. The summed E-state index contributed by atoms with van der Waals surface area (Å²) in [6.07, 6.45) is 2.52. The highest BCUT2D eigenvalue weighted by Crippen LogP contribution is 2.30. The van der Waals surface area contributed by atoms with Crippen LogP contribution in [0.15, 0.2) is 39.2 Å². The third-order valence-electron chi connectivity index (χ3n) is 4.12. The molecule has 0 aromatic carbocycles. The van der Waals surface area contributed by atoms with Crippen LogP contribution in [0, 0.1) is 0 Å². The predicted molar refractivity (Wildman–Crippen MR) is 92.2 cm³/mol. The van der Waals surface area contributed by atoms with Crippen LogP contribution in [0.3, 0.4) is 0 Å². The van der Waals surface area contributed by atoms with Crippen molar-refractivity contribution in [2.75, 3.05) is 13.1 Å². The quantitative estimate of drug-likeness (QED) is 0.757. The number of hydrogen-bond acceptors (Lipinski definition) is 6. The van der Waals surface area contributed by atoms with Crippen molar-refractivity contribution in [1.82, 2.24) is 4.31 Å². The minimum Gasteiger partial charge on any atom is -0.468 e. The monoisotopic (exact) mass is 389 g/mol. The fourth-order valence-corrected chi connectivity index (χ4v) is 7.45. The van der Waals surface area contributed by atoms with E-state index >= 15 is 0 Å². The van der Waals surface area contributed by atoms with E-state index in [1.807, 2.05) is 6.92 Å². The summed E-state index contributed by atoms with van der Waals surface area (Å²) >= 11 is 1.25. The van der Waals surface area contributed by atoms with E-state index in [9.17, 15) is 16.8 Å².